The van der Waals surface area contributed by atoms with E-state index in [4.69, 9.17) is 0 Å². The molecule has 0 aromatic heterocycles. The second-order valence-electron chi connectivity index (χ2n) is 2.46. The third-order valence-corrected chi connectivity index (χ3v) is 2.95. The number of hydrogen-bond donors (Lipinski definition) is 0. The van der Waals surface area contributed by atoms with Crippen molar-refractivity contribution in [1.82, 2.24) is 0 Å². The van der Waals surface area contributed by atoms with Gasteiger partial charge < -0.3 is 0 Å². The predicted molar refractivity (Wildman–Crippen MR) is 50.8 cm³/mol. The van der Waals surface area contributed by atoms with Gasteiger partial charge in [-0.25, -0.2) is 0 Å². The molecule has 0 unspecified atom stereocenters. The molecule has 5 heteroatoms. The molecule has 0 atom stereocenters. The highest BCUT2D eigenvalue weighted by molar-refractivity contribution is 9.10. The van der Waals surface area contributed by atoms with Gasteiger partial charge in [0.2, 0.25) is 0 Å². The molecule has 1 aromatic carbocycles. The minimum atomic E-state index is -4.21. The van der Waals surface area contributed by atoms with Gasteiger partial charge in [0.15, 0.2) is 0 Å². The lowest BCUT2D eigenvalue weighted by Gasteiger charge is -2.06. The van der Waals surface area contributed by atoms with Crippen LogP contribution in [0.2, 0.25) is 0 Å². The Balaban J connectivity index is 2.86. The normalized spacial score (nSPS) is 11.8. The van der Waals surface area contributed by atoms with E-state index >= 15 is 0 Å². The van der Waals surface area contributed by atoms with Gasteiger partial charge in [-0.1, -0.05) is 22.0 Å². The van der Waals surface area contributed by atoms with Crippen molar-refractivity contribution < 1.29 is 13.2 Å². The molecule has 0 amide bonds. The first-order valence-corrected chi connectivity index (χ1v) is 5.01. The van der Waals surface area contributed by atoms with Crippen LogP contribution in [0.1, 0.15) is 5.56 Å². The van der Waals surface area contributed by atoms with Crippen LogP contribution < -0.4 is 0 Å². The van der Waals surface area contributed by atoms with Gasteiger partial charge in [-0.05, 0) is 36.4 Å². The molecule has 72 valence electrons. The van der Waals surface area contributed by atoms with E-state index in [9.17, 15) is 13.2 Å². The van der Waals surface area contributed by atoms with Gasteiger partial charge in [0.25, 0.3) is 0 Å². The lowest BCUT2D eigenvalue weighted by Crippen LogP contribution is -1.98. The van der Waals surface area contributed by atoms with Crippen molar-refractivity contribution in [3.63, 3.8) is 0 Å². The number of rotatable bonds is 1. The van der Waals surface area contributed by atoms with E-state index in [2.05, 4.69) is 15.9 Å². The first kappa shape index (κ1) is 10.9. The Morgan fingerprint density at radius 3 is 2.38 bits per heavy atom. The maximum absolute atomic E-state index is 11.9. The van der Waals surface area contributed by atoms with E-state index in [1.807, 2.05) is 6.92 Å². The zero-order chi connectivity index (χ0) is 10.1. The summed E-state index contributed by atoms with van der Waals surface area (Å²) >= 11 is 3.07. The standard InChI is InChI=1S/C8H6BrF3S/c1-5-2-3-6(4-7(5)9)13-8(10,11)12/h2-4H,1H3. The smallest absolute Gasteiger partial charge is 0.160 e. The lowest BCUT2D eigenvalue weighted by molar-refractivity contribution is -0.0328. The molecule has 0 aliphatic heterocycles. The molecule has 0 radical (unpaired) electrons. The number of aryl methyl sites for hydroxylation is 1. The van der Waals surface area contributed by atoms with Gasteiger partial charge in [0.05, 0.1) is 0 Å². The van der Waals surface area contributed by atoms with Crippen LogP contribution in [0.15, 0.2) is 27.6 Å². The molecule has 0 saturated heterocycles. The molecule has 0 bridgehead atoms. The van der Waals surface area contributed by atoms with E-state index in [-0.39, 0.29) is 16.7 Å². The molecule has 0 heterocycles. The third-order valence-electron chi connectivity index (χ3n) is 1.38. The van der Waals surface area contributed by atoms with Gasteiger partial charge in [0, 0.05) is 9.37 Å². The number of hydrogen-bond acceptors (Lipinski definition) is 1. The van der Waals surface area contributed by atoms with Crippen LogP contribution in [0.5, 0.6) is 0 Å². The van der Waals surface area contributed by atoms with Crippen LogP contribution in [0.3, 0.4) is 0 Å². The van der Waals surface area contributed by atoms with Gasteiger partial charge in [0.1, 0.15) is 0 Å². The molecule has 0 nitrogen and oxygen atoms in total. The van der Waals surface area contributed by atoms with E-state index < -0.39 is 5.51 Å². The Hall–Kier alpha value is -0.160. The molecule has 0 saturated carbocycles. The Kier molecular flexibility index (Phi) is 3.29. The number of thioether (sulfide) groups is 1. The monoisotopic (exact) mass is 270 g/mol. The summed E-state index contributed by atoms with van der Waals surface area (Å²) in [5.41, 5.74) is -3.29. The highest BCUT2D eigenvalue weighted by atomic mass is 79.9. The van der Waals surface area contributed by atoms with Crippen molar-refractivity contribution in [2.45, 2.75) is 17.3 Å². The van der Waals surface area contributed by atoms with Crippen LogP contribution in [0.25, 0.3) is 0 Å². The summed E-state index contributed by atoms with van der Waals surface area (Å²) in [6, 6.07) is 4.57. The summed E-state index contributed by atoms with van der Waals surface area (Å²) in [6.07, 6.45) is 0. The summed E-state index contributed by atoms with van der Waals surface area (Å²) in [5.74, 6) is 0. The third kappa shape index (κ3) is 3.60. The topological polar surface area (TPSA) is 0 Å². The van der Waals surface area contributed by atoms with Crippen LogP contribution >= 0.6 is 27.7 Å². The van der Waals surface area contributed by atoms with Gasteiger partial charge in [-0.3, -0.25) is 0 Å². The summed E-state index contributed by atoms with van der Waals surface area (Å²) < 4.78 is 36.5. The van der Waals surface area contributed by atoms with Crippen LogP contribution in [0, 0.1) is 6.92 Å². The second kappa shape index (κ2) is 3.92. The van der Waals surface area contributed by atoms with Crippen LogP contribution in [-0.4, -0.2) is 5.51 Å². The fourth-order valence-electron chi connectivity index (χ4n) is 0.771. The highest BCUT2D eigenvalue weighted by Crippen LogP contribution is 2.38. The first-order chi connectivity index (χ1) is 5.88. The minimum Gasteiger partial charge on any atom is -0.160 e. The maximum atomic E-state index is 11.9. The second-order valence-corrected chi connectivity index (χ2v) is 4.45. The molecule has 1 aromatic rings. The molecular weight excluding hydrogens is 265 g/mol. The van der Waals surface area contributed by atoms with Crippen molar-refractivity contribution >= 4 is 27.7 Å². The fourth-order valence-corrected chi connectivity index (χ4v) is 1.88. The SMILES string of the molecule is Cc1ccc(SC(F)(F)F)cc1Br. The quantitative estimate of drug-likeness (QED) is 0.683. The minimum absolute atomic E-state index is 0.106. The fraction of sp³-hybridized carbons (Fsp3) is 0.250. The first-order valence-electron chi connectivity index (χ1n) is 3.40. The number of halogens is 4. The molecule has 0 aliphatic rings. The molecule has 0 aliphatic carbocycles. The van der Waals surface area contributed by atoms with Crippen molar-refractivity contribution in [3.8, 4) is 0 Å². The summed E-state index contributed by atoms with van der Waals surface area (Å²) in [7, 11) is 0. The Morgan fingerprint density at radius 2 is 1.92 bits per heavy atom. The maximum Gasteiger partial charge on any atom is 0.446 e. The largest absolute Gasteiger partial charge is 0.446 e. The van der Waals surface area contributed by atoms with Crippen molar-refractivity contribution in [2.24, 2.45) is 0 Å². The van der Waals surface area contributed by atoms with Crippen molar-refractivity contribution in [3.05, 3.63) is 28.2 Å². The zero-order valence-electron chi connectivity index (χ0n) is 6.65. The Bertz CT molecular complexity index is 309. The number of alkyl halides is 3. The summed E-state index contributed by atoms with van der Waals surface area (Å²) in [5, 5.41) is 0. The molecule has 0 fully saturated rings. The van der Waals surface area contributed by atoms with E-state index in [1.165, 1.54) is 12.1 Å². The summed E-state index contributed by atoms with van der Waals surface area (Å²) in [4.78, 5) is 0.199. The Labute approximate surface area is 86.6 Å². The van der Waals surface area contributed by atoms with Crippen molar-refractivity contribution in [1.29, 1.82) is 0 Å². The van der Waals surface area contributed by atoms with Crippen LogP contribution in [-0.2, 0) is 0 Å². The average molecular weight is 271 g/mol. The molecule has 1 rings (SSSR count). The van der Waals surface area contributed by atoms with Gasteiger partial charge in [-0.15, -0.1) is 0 Å². The van der Waals surface area contributed by atoms with Crippen molar-refractivity contribution in [2.75, 3.05) is 0 Å². The van der Waals surface area contributed by atoms with E-state index in [0.717, 1.165) is 5.56 Å². The van der Waals surface area contributed by atoms with E-state index in [1.54, 1.807) is 6.07 Å². The highest BCUT2D eigenvalue weighted by Gasteiger charge is 2.29. The number of benzene rings is 1. The van der Waals surface area contributed by atoms with Gasteiger partial charge >= 0.3 is 5.51 Å². The van der Waals surface area contributed by atoms with E-state index in [0.29, 0.717) is 4.47 Å². The molecular formula is C8H6BrF3S. The Morgan fingerprint density at radius 1 is 1.31 bits per heavy atom. The lowest BCUT2D eigenvalue weighted by atomic mass is 10.2. The zero-order valence-corrected chi connectivity index (χ0v) is 9.05. The predicted octanol–water partition coefficient (Wildman–Crippen LogP) is 4.37. The molecule has 0 N–H and O–H groups in total. The molecule has 13 heavy (non-hydrogen) atoms. The van der Waals surface area contributed by atoms with Crippen LogP contribution in [0.4, 0.5) is 13.2 Å². The average Bonchev–Trinajstić information content (AvgIpc) is 1.94. The van der Waals surface area contributed by atoms with Gasteiger partial charge in [-0.2, -0.15) is 13.2 Å². The summed E-state index contributed by atoms with van der Waals surface area (Å²) in [6.45, 7) is 1.83. The molecule has 0 spiro atoms.